The third-order valence-corrected chi connectivity index (χ3v) is 3.65. The molecule has 0 radical (unpaired) electrons. The van der Waals surface area contributed by atoms with Crippen LogP contribution in [0.15, 0.2) is 0 Å². The molecule has 16 heavy (non-hydrogen) atoms. The number of β-amino-alcohol motifs (C(OH)–C–C–N with tert-alkyl or cyclic N) is 1. The Morgan fingerprint density at radius 2 is 2.25 bits per heavy atom. The number of amides is 1. The van der Waals surface area contributed by atoms with E-state index < -0.39 is 6.10 Å². The van der Waals surface area contributed by atoms with Crippen molar-refractivity contribution in [3.8, 4) is 0 Å². The van der Waals surface area contributed by atoms with E-state index in [9.17, 15) is 9.90 Å². The normalized spacial score (nSPS) is 38.9. The SMILES string of the molecule is O=C(NC1CCCC1CO)C1CC(O)CN1. The first-order chi connectivity index (χ1) is 7.70. The van der Waals surface area contributed by atoms with Crippen molar-refractivity contribution in [2.24, 2.45) is 5.92 Å². The Balaban J connectivity index is 1.82. The second-order valence-corrected chi connectivity index (χ2v) is 4.84. The fourth-order valence-corrected chi connectivity index (χ4v) is 2.65. The maximum absolute atomic E-state index is 11.8. The lowest BCUT2D eigenvalue weighted by atomic mass is 10.0. The zero-order chi connectivity index (χ0) is 11.5. The number of rotatable bonds is 3. The number of hydrogen-bond donors (Lipinski definition) is 4. The van der Waals surface area contributed by atoms with E-state index in [1.807, 2.05) is 0 Å². The first-order valence-electron chi connectivity index (χ1n) is 6.03. The molecule has 1 amide bonds. The van der Waals surface area contributed by atoms with Gasteiger partial charge in [-0.25, -0.2) is 0 Å². The first kappa shape index (κ1) is 11.8. The van der Waals surface area contributed by atoms with Crippen LogP contribution in [0.3, 0.4) is 0 Å². The van der Waals surface area contributed by atoms with Crippen LogP contribution in [0, 0.1) is 5.92 Å². The van der Waals surface area contributed by atoms with E-state index in [-0.39, 0.29) is 30.5 Å². The Hall–Kier alpha value is -0.650. The second kappa shape index (κ2) is 5.12. The molecule has 1 aliphatic heterocycles. The summed E-state index contributed by atoms with van der Waals surface area (Å²) in [5.41, 5.74) is 0. The van der Waals surface area contributed by atoms with Crippen molar-refractivity contribution in [1.29, 1.82) is 0 Å². The Bertz CT molecular complexity index is 260. The summed E-state index contributed by atoms with van der Waals surface area (Å²) in [5, 5.41) is 24.4. The highest BCUT2D eigenvalue weighted by molar-refractivity contribution is 5.82. The highest BCUT2D eigenvalue weighted by Gasteiger charge is 2.32. The summed E-state index contributed by atoms with van der Waals surface area (Å²) in [7, 11) is 0. The van der Waals surface area contributed by atoms with Crippen molar-refractivity contribution < 1.29 is 15.0 Å². The number of carbonyl (C=O) groups is 1. The lowest BCUT2D eigenvalue weighted by Crippen LogP contribution is -2.46. The van der Waals surface area contributed by atoms with E-state index in [0.717, 1.165) is 19.3 Å². The van der Waals surface area contributed by atoms with Crippen LogP contribution in [0.25, 0.3) is 0 Å². The molecule has 0 spiro atoms. The molecule has 0 aromatic carbocycles. The van der Waals surface area contributed by atoms with Crippen LogP contribution in [0.2, 0.25) is 0 Å². The molecule has 1 saturated heterocycles. The largest absolute Gasteiger partial charge is 0.396 e. The molecule has 92 valence electrons. The van der Waals surface area contributed by atoms with Gasteiger partial charge in [-0.15, -0.1) is 0 Å². The predicted octanol–water partition coefficient (Wildman–Crippen LogP) is -1.01. The molecule has 4 unspecified atom stereocenters. The summed E-state index contributed by atoms with van der Waals surface area (Å²) in [4.78, 5) is 11.8. The van der Waals surface area contributed by atoms with Crippen molar-refractivity contribution in [2.75, 3.05) is 13.2 Å². The summed E-state index contributed by atoms with van der Waals surface area (Å²) in [6, 6.07) is -0.160. The quantitative estimate of drug-likeness (QED) is 0.499. The minimum Gasteiger partial charge on any atom is -0.396 e. The van der Waals surface area contributed by atoms with E-state index in [4.69, 9.17) is 5.11 Å². The Labute approximate surface area is 95.2 Å². The molecule has 4 atom stereocenters. The van der Waals surface area contributed by atoms with Crippen LogP contribution in [0.4, 0.5) is 0 Å². The van der Waals surface area contributed by atoms with Gasteiger partial charge in [0, 0.05) is 25.1 Å². The number of nitrogens with one attached hydrogen (secondary N) is 2. The predicted molar refractivity (Wildman–Crippen MR) is 58.8 cm³/mol. The molecule has 1 saturated carbocycles. The Morgan fingerprint density at radius 1 is 1.44 bits per heavy atom. The highest BCUT2D eigenvalue weighted by atomic mass is 16.3. The van der Waals surface area contributed by atoms with Gasteiger partial charge in [0.2, 0.25) is 5.91 Å². The standard InChI is InChI=1S/C11H20N2O3/c14-6-7-2-1-3-9(7)13-11(16)10-4-8(15)5-12-10/h7-10,12,14-15H,1-6H2,(H,13,16). The van der Waals surface area contributed by atoms with Gasteiger partial charge in [0.25, 0.3) is 0 Å². The van der Waals surface area contributed by atoms with E-state index in [1.165, 1.54) is 0 Å². The van der Waals surface area contributed by atoms with E-state index in [0.29, 0.717) is 13.0 Å². The molecule has 2 rings (SSSR count). The van der Waals surface area contributed by atoms with Gasteiger partial charge in [0.15, 0.2) is 0 Å². The van der Waals surface area contributed by atoms with Crippen molar-refractivity contribution in [1.82, 2.24) is 10.6 Å². The fraction of sp³-hybridized carbons (Fsp3) is 0.909. The van der Waals surface area contributed by atoms with Gasteiger partial charge < -0.3 is 20.8 Å². The molecule has 5 nitrogen and oxygen atoms in total. The Kier molecular flexibility index (Phi) is 3.78. The molecule has 1 aliphatic carbocycles. The molecular weight excluding hydrogens is 208 g/mol. The summed E-state index contributed by atoms with van der Waals surface area (Å²) < 4.78 is 0. The van der Waals surface area contributed by atoms with Crippen LogP contribution in [-0.4, -0.2) is 47.5 Å². The van der Waals surface area contributed by atoms with Crippen LogP contribution in [0.1, 0.15) is 25.7 Å². The summed E-state index contributed by atoms with van der Waals surface area (Å²) in [6.45, 7) is 0.637. The van der Waals surface area contributed by atoms with Gasteiger partial charge in [-0.3, -0.25) is 4.79 Å². The van der Waals surface area contributed by atoms with Gasteiger partial charge in [0.1, 0.15) is 0 Å². The van der Waals surface area contributed by atoms with Crippen molar-refractivity contribution >= 4 is 5.91 Å². The fourth-order valence-electron chi connectivity index (χ4n) is 2.65. The second-order valence-electron chi connectivity index (χ2n) is 4.84. The number of carbonyl (C=O) groups excluding carboxylic acids is 1. The maximum atomic E-state index is 11.8. The number of aliphatic hydroxyl groups is 2. The minimum atomic E-state index is -0.409. The van der Waals surface area contributed by atoms with E-state index in [2.05, 4.69) is 10.6 Å². The maximum Gasteiger partial charge on any atom is 0.237 e. The summed E-state index contributed by atoms with van der Waals surface area (Å²) >= 11 is 0. The minimum absolute atomic E-state index is 0.0399. The van der Waals surface area contributed by atoms with Crippen molar-refractivity contribution in [3.63, 3.8) is 0 Å². The summed E-state index contributed by atoms with van der Waals surface area (Å²) in [5.74, 6) is 0.164. The van der Waals surface area contributed by atoms with Crippen LogP contribution in [0.5, 0.6) is 0 Å². The lowest BCUT2D eigenvalue weighted by molar-refractivity contribution is -0.124. The first-order valence-corrected chi connectivity index (χ1v) is 6.03. The molecule has 0 aromatic rings. The van der Waals surface area contributed by atoms with E-state index in [1.54, 1.807) is 0 Å². The molecule has 1 heterocycles. The zero-order valence-electron chi connectivity index (χ0n) is 9.35. The van der Waals surface area contributed by atoms with Crippen LogP contribution >= 0.6 is 0 Å². The van der Waals surface area contributed by atoms with Crippen LogP contribution < -0.4 is 10.6 Å². The average molecular weight is 228 g/mol. The van der Waals surface area contributed by atoms with Crippen molar-refractivity contribution in [3.05, 3.63) is 0 Å². The topological polar surface area (TPSA) is 81.6 Å². The monoisotopic (exact) mass is 228 g/mol. The van der Waals surface area contributed by atoms with Gasteiger partial charge in [-0.1, -0.05) is 6.42 Å². The lowest BCUT2D eigenvalue weighted by Gasteiger charge is -2.21. The molecule has 0 bridgehead atoms. The van der Waals surface area contributed by atoms with Crippen LogP contribution in [-0.2, 0) is 4.79 Å². The van der Waals surface area contributed by atoms with Crippen molar-refractivity contribution in [2.45, 2.75) is 43.9 Å². The zero-order valence-corrected chi connectivity index (χ0v) is 9.35. The third kappa shape index (κ3) is 2.53. The van der Waals surface area contributed by atoms with Gasteiger partial charge >= 0.3 is 0 Å². The van der Waals surface area contributed by atoms with Gasteiger partial charge in [-0.05, 0) is 19.3 Å². The summed E-state index contributed by atoms with van der Waals surface area (Å²) in [6.07, 6.45) is 3.08. The molecule has 5 heteroatoms. The average Bonchev–Trinajstić information content (AvgIpc) is 2.86. The molecular formula is C11H20N2O3. The smallest absolute Gasteiger partial charge is 0.237 e. The van der Waals surface area contributed by atoms with Gasteiger partial charge in [0.05, 0.1) is 12.1 Å². The highest BCUT2D eigenvalue weighted by Crippen LogP contribution is 2.25. The number of aliphatic hydroxyl groups excluding tert-OH is 2. The molecule has 0 aromatic heterocycles. The molecule has 4 N–H and O–H groups in total. The molecule has 2 aliphatic rings. The van der Waals surface area contributed by atoms with Gasteiger partial charge in [-0.2, -0.15) is 0 Å². The molecule has 2 fully saturated rings. The Morgan fingerprint density at radius 3 is 2.88 bits per heavy atom. The van der Waals surface area contributed by atoms with E-state index >= 15 is 0 Å². The third-order valence-electron chi connectivity index (χ3n) is 3.65. The number of hydrogen-bond acceptors (Lipinski definition) is 4.